The van der Waals surface area contributed by atoms with E-state index in [1.165, 1.54) is 18.2 Å². The van der Waals surface area contributed by atoms with Crippen molar-refractivity contribution in [1.29, 1.82) is 0 Å². The lowest BCUT2D eigenvalue weighted by Crippen LogP contribution is -2.21. The standard InChI is InChI=1S/C14H14F3N3O2/c1-8(2)7-20(22)19-9-3-4-12-10(5-9)11(14(15,16)17)6-13(21)18-12/h3-6,8H,7H2,1-2H3,(H-,18,19,21,22)/p+1. The number of anilines is 1. The number of pyridine rings is 1. The van der Waals surface area contributed by atoms with E-state index < -0.39 is 17.3 Å². The maximum Gasteiger partial charge on any atom is 0.417 e. The number of hydrazine groups is 1. The Morgan fingerprint density at radius 1 is 1.27 bits per heavy atom. The zero-order valence-corrected chi connectivity index (χ0v) is 12.0. The molecule has 1 aromatic carbocycles. The van der Waals surface area contributed by atoms with Gasteiger partial charge in [0.05, 0.1) is 10.5 Å². The van der Waals surface area contributed by atoms with Gasteiger partial charge in [-0.25, -0.2) is 0 Å². The number of nitroso groups, excluding NO2 is 1. The van der Waals surface area contributed by atoms with Crippen LogP contribution >= 0.6 is 0 Å². The molecule has 1 aromatic heterocycles. The summed E-state index contributed by atoms with van der Waals surface area (Å²) in [5.74, 6) is 0.104. The van der Waals surface area contributed by atoms with Crippen LogP contribution in [0.3, 0.4) is 0 Å². The average Bonchev–Trinajstić information content (AvgIpc) is 2.36. The van der Waals surface area contributed by atoms with Gasteiger partial charge in [-0.3, -0.25) is 4.79 Å². The zero-order chi connectivity index (χ0) is 16.5. The van der Waals surface area contributed by atoms with Crippen molar-refractivity contribution in [1.82, 2.24) is 4.98 Å². The molecule has 0 radical (unpaired) electrons. The van der Waals surface area contributed by atoms with E-state index in [1.807, 2.05) is 13.8 Å². The van der Waals surface area contributed by atoms with Gasteiger partial charge in [0.1, 0.15) is 10.6 Å². The van der Waals surface area contributed by atoms with Gasteiger partial charge in [-0.1, -0.05) is 13.8 Å². The van der Waals surface area contributed by atoms with Crippen molar-refractivity contribution >= 4 is 16.6 Å². The Kier molecular flexibility index (Phi) is 4.20. The Bertz CT molecular complexity index is 766. The Labute approximate surface area is 123 Å². The number of benzene rings is 1. The minimum Gasteiger partial charge on any atom is -0.322 e. The molecule has 0 amide bonds. The third-order valence-electron chi connectivity index (χ3n) is 2.93. The summed E-state index contributed by atoms with van der Waals surface area (Å²) in [5.41, 5.74) is 0.902. The predicted molar refractivity (Wildman–Crippen MR) is 76.5 cm³/mol. The van der Waals surface area contributed by atoms with Crippen molar-refractivity contribution in [3.8, 4) is 0 Å². The number of aromatic amines is 1. The third kappa shape index (κ3) is 3.63. The molecule has 0 saturated heterocycles. The molecular weight excluding hydrogens is 299 g/mol. The number of rotatable bonds is 4. The van der Waals surface area contributed by atoms with E-state index in [-0.39, 0.29) is 29.1 Å². The van der Waals surface area contributed by atoms with Crippen LogP contribution in [0.15, 0.2) is 29.1 Å². The number of hydrogen-bond acceptors (Lipinski definition) is 2. The quantitative estimate of drug-likeness (QED) is 0.672. The smallest absolute Gasteiger partial charge is 0.322 e. The number of hydrogen-bond donors (Lipinski definition) is 2. The van der Waals surface area contributed by atoms with Crippen LogP contribution in [-0.2, 0) is 6.18 Å². The van der Waals surface area contributed by atoms with Crippen molar-refractivity contribution in [3.05, 3.63) is 45.1 Å². The maximum atomic E-state index is 13.0. The number of halogens is 3. The first-order valence-electron chi connectivity index (χ1n) is 6.62. The number of H-pyrrole nitrogens is 1. The first-order valence-corrected chi connectivity index (χ1v) is 6.62. The molecule has 0 unspecified atom stereocenters. The molecule has 5 nitrogen and oxygen atoms in total. The lowest BCUT2D eigenvalue weighted by atomic mass is 10.1. The molecule has 2 N–H and O–H groups in total. The van der Waals surface area contributed by atoms with Crippen LogP contribution in [0.25, 0.3) is 10.9 Å². The molecular formula is C14H15F3N3O2+. The highest BCUT2D eigenvalue weighted by Crippen LogP contribution is 2.34. The molecule has 8 heteroatoms. The van der Waals surface area contributed by atoms with Crippen LogP contribution in [0.4, 0.5) is 18.9 Å². The predicted octanol–water partition coefficient (Wildman–Crippen LogP) is 3.31. The molecule has 2 aromatic rings. The van der Waals surface area contributed by atoms with Crippen molar-refractivity contribution < 1.29 is 18.0 Å². The lowest BCUT2D eigenvalue weighted by molar-refractivity contribution is -0.524. The summed E-state index contributed by atoms with van der Waals surface area (Å²) in [6.45, 7) is 3.88. The largest absolute Gasteiger partial charge is 0.417 e. The SMILES string of the molecule is CC(C)C[N+](=O)Nc1ccc2[nH]c(=O)cc(C(F)(F)F)c2c1. The van der Waals surface area contributed by atoms with Crippen LogP contribution in [0.1, 0.15) is 19.4 Å². The fourth-order valence-corrected chi connectivity index (χ4v) is 2.08. The highest BCUT2D eigenvalue weighted by molar-refractivity contribution is 5.85. The van der Waals surface area contributed by atoms with Gasteiger partial charge in [-0.05, 0) is 18.2 Å². The lowest BCUT2D eigenvalue weighted by Gasteiger charge is -2.10. The van der Waals surface area contributed by atoms with E-state index in [9.17, 15) is 22.9 Å². The van der Waals surface area contributed by atoms with Gasteiger partial charge in [0, 0.05) is 22.9 Å². The number of nitrogens with one attached hydrogen (secondary N) is 2. The van der Waals surface area contributed by atoms with E-state index >= 15 is 0 Å². The van der Waals surface area contributed by atoms with E-state index in [0.29, 0.717) is 10.9 Å². The van der Waals surface area contributed by atoms with Crippen molar-refractivity contribution in [2.45, 2.75) is 20.0 Å². The van der Waals surface area contributed by atoms with Gasteiger partial charge in [-0.2, -0.15) is 13.2 Å². The van der Waals surface area contributed by atoms with Crippen LogP contribution in [-0.4, -0.2) is 16.4 Å². The summed E-state index contributed by atoms with van der Waals surface area (Å²) in [6, 6.07) is 4.47. The van der Waals surface area contributed by atoms with E-state index in [1.54, 1.807) is 0 Å². The minimum absolute atomic E-state index is 0.0617. The molecule has 0 aliphatic carbocycles. The molecule has 0 saturated carbocycles. The molecule has 22 heavy (non-hydrogen) atoms. The van der Waals surface area contributed by atoms with Gasteiger partial charge >= 0.3 is 6.18 Å². The number of fused-ring (bicyclic) bond motifs is 1. The molecule has 0 aliphatic heterocycles. The summed E-state index contributed by atoms with van der Waals surface area (Å²) >= 11 is 0. The van der Waals surface area contributed by atoms with Crippen molar-refractivity contribution in [3.63, 3.8) is 0 Å². The molecule has 0 bridgehead atoms. The molecule has 0 atom stereocenters. The number of nitrogens with zero attached hydrogens (tertiary/aromatic N) is 1. The Balaban J connectivity index is 2.47. The van der Waals surface area contributed by atoms with Crippen molar-refractivity contribution in [2.24, 2.45) is 5.92 Å². The Hall–Kier alpha value is -2.38. The second-order valence-corrected chi connectivity index (χ2v) is 5.37. The van der Waals surface area contributed by atoms with Crippen LogP contribution in [0, 0.1) is 10.8 Å². The Morgan fingerprint density at radius 2 is 1.95 bits per heavy atom. The summed E-state index contributed by atoms with van der Waals surface area (Å²) < 4.78 is 39.1. The molecule has 0 aliphatic rings. The summed E-state index contributed by atoms with van der Waals surface area (Å²) in [7, 11) is 0. The zero-order valence-electron chi connectivity index (χ0n) is 12.0. The molecule has 2 rings (SSSR count). The van der Waals surface area contributed by atoms with Gasteiger partial charge in [-0.15, -0.1) is 5.43 Å². The van der Waals surface area contributed by atoms with Crippen LogP contribution < -0.4 is 11.0 Å². The average molecular weight is 314 g/mol. The highest BCUT2D eigenvalue weighted by atomic mass is 19.4. The summed E-state index contributed by atoms with van der Waals surface area (Å²) in [6.07, 6.45) is -4.65. The third-order valence-corrected chi connectivity index (χ3v) is 2.93. The number of alkyl halides is 3. The minimum atomic E-state index is -4.65. The van der Waals surface area contributed by atoms with E-state index in [4.69, 9.17) is 0 Å². The summed E-state index contributed by atoms with van der Waals surface area (Å²) in [4.78, 5) is 25.8. The summed E-state index contributed by atoms with van der Waals surface area (Å²) in [5, 5.41) is -0.171. The van der Waals surface area contributed by atoms with E-state index in [2.05, 4.69) is 10.4 Å². The van der Waals surface area contributed by atoms with E-state index in [0.717, 1.165) is 0 Å². The number of aromatic nitrogens is 1. The normalized spacial score (nSPS) is 11.9. The second kappa shape index (κ2) is 5.78. The fraction of sp³-hybridized carbons (Fsp3) is 0.357. The maximum absolute atomic E-state index is 13.0. The van der Waals surface area contributed by atoms with Crippen LogP contribution in [0.5, 0.6) is 0 Å². The van der Waals surface area contributed by atoms with Crippen LogP contribution in [0.2, 0.25) is 0 Å². The Morgan fingerprint density at radius 3 is 2.55 bits per heavy atom. The van der Waals surface area contributed by atoms with Gasteiger partial charge < -0.3 is 4.98 Å². The fourth-order valence-electron chi connectivity index (χ4n) is 2.08. The van der Waals surface area contributed by atoms with Gasteiger partial charge in [0.15, 0.2) is 0 Å². The van der Waals surface area contributed by atoms with Gasteiger partial charge in [0.2, 0.25) is 12.1 Å². The van der Waals surface area contributed by atoms with Gasteiger partial charge in [0.25, 0.3) is 0 Å². The molecule has 118 valence electrons. The molecule has 1 heterocycles. The first-order chi connectivity index (χ1) is 10.2. The molecule has 0 spiro atoms. The van der Waals surface area contributed by atoms with Crippen molar-refractivity contribution in [2.75, 3.05) is 12.0 Å². The second-order valence-electron chi connectivity index (χ2n) is 5.37. The molecule has 0 fully saturated rings. The topological polar surface area (TPSA) is 65.0 Å². The monoisotopic (exact) mass is 314 g/mol. The first kappa shape index (κ1) is 16.0. The highest BCUT2D eigenvalue weighted by Gasteiger charge is 2.33.